The van der Waals surface area contributed by atoms with Crippen molar-refractivity contribution in [2.75, 3.05) is 13.3 Å². The summed E-state index contributed by atoms with van der Waals surface area (Å²) in [6.07, 6.45) is 1.80. The highest BCUT2D eigenvalue weighted by molar-refractivity contribution is 5.93. The standard InChI is InChI=1S/C20H19N3O5/c1-11-19(12(2)27-21-11)15-4-3-7-23(15)20(24)14-9-17(28-22-14)13-5-6-16-18(8-13)26-10-25-16/h5-6,8-9,15H,3-4,7,10H2,1-2H3/t15-/m1/s1. The minimum atomic E-state index is -0.154. The van der Waals surface area contributed by atoms with Crippen LogP contribution in [0.25, 0.3) is 11.3 Å². The van der Waals surface area contributed by atoms with E-state index >= 15 is 0 Å². The van der Waals surface area contributed by atoms with E-state index in [1.54, 1.807) is 6.07 Å². The fourth-order valence-corrected chi connectivity index (χ4v) is 3.98. The molecule has 0 radical (unpaired) electrons. The minimum absolute atomic E-state index is 0.0514. The topological polar surface area (TPSA) is 90.8 Å². The number of benzene rings is 1. The second-order valence-corrected chi connectivity index (χ2v) is 7.04. The molecule has 1 fully saturated rings. The van der Waals surface area contributed by atoms with E-state index in [9.17, 15) is 4.79 Å². The Hall–Kier alpha value is -3.29. The van der Waals surface area contributed by atoms with Gasteiger partial charge in [-0.1, -0.05) is 10.3 Å². The van der Waals surface area contributed by atoms with Crippen LogP contribution in [0.5, 0.6) is 11.5 Å². The van der Waals surface area contributed by atoms with Gasteiger partial charge in [0.25, 0.3) is 5.91 Å². The largest absolute Gasteiger partial charge is 0.454 e. The fraction of sp³-hybridized carbons (Fsp3) is 0.350. The zero-order valence-corrected chi connectivity index (χ0v) is 15.6. The minimum Gasteiger partial charge on any atom is -0.454 e. The van der Waals surface area contributed by atoms with Crippen LogP contribution >= 0.6 is 0 Å². The van der Waals surface area contributed by atoms with Gasteiger partial charge in [0.05, 0.1) is 11.7 Å². The molecule has 4 heterocycles. The summed E-state index contributed by atoms with van der Waals surface area (Å²) in [5, 5.41) is 8.04. The molecule has 8 nitrogen and oxygen atoms in total. The smallest absolute Gasteiger partial charge is 0.276 e. The lowest BCUT2D eigenvalue weighted by Gasteiger charge is -2.23. The van der Waals surface area contributed by atoms with E-state index in [0.717, 1.165) is 35.4 Å². The molecule has 0 unspecified atom stereocenters. The van der Waals surface area contributed by atoms with Crippen LogP contribution in [0.15, 0.2) is 33.3 Å². The lowest BCUT2D eigenvalue weighted by Crippen LogP contribution is -2.31. The number of rotatable bonds is 3. The molecule has 2 aromatic heterocycles. The molecule has 2 aliphatic rings. The highest BCUT2D eigenvalue weighted by Crippen LogP contribution is 2.38. The first-order valence-electron chi connectivity index (χ1n) is 9.22. The Morgan fingerprint density at radius 3 is 2.79 bits per heavy atom. The van der Waals surface area contributed by atoms with Crippen LogP contribution in [0.4, 0.5) is 0 Å². The van der Waals surface area contributed by atoms with Crippen molar-refractivity contribution in [3.63, 3.8) is 0 Å². The lowest BCUT2D eigenvalue weighted by atomic mass is 10.0. The molecule has 0 spiro atoms. The van der Waals surface area contributed by atoms with Crippen LogP contribution in [-0.4, -0.2) is 34.5 Å². The van der Waals surface area contributed by atoms with Crippen LogP contribution in [0.1, 0.15) is 46.4 Å². The molecule has 3 aromatic rings. The lowest BCUT2D eigenvalue weighted by molar-refractivity contribution is 0.0724. The Bertz CT molecular complexity index is 1030. The molecule has 0 aliphatic carbocycles. The third kappa shape index (κ3) is 2.64. The van der Waals surface area contributed by atoms with Crippen molar-refractivity contribution >= 4 is 5.91 Å². The molecule has 0 saturated carbocycles. The average Bonchev–Trinajstić information content (AvgIpc) is 3.47. The molecule has 5 rings (SSSR count). The molecule has 2 aliphatic heterocycles. The number of ether oxygens (including phenoxy) is 2. The molecular weight excluding hydrogens is 362 g/mol. The van der Waals surface area contributed by atoms with Crippen molar-refractivity contribution in [2.24, 2.45) is 0 Å². The molecule has 0 N–H and O–H groups in total. The molecule has 1 aromatic carbocycles. The van der Waals surface area contributed by atoms with Gasteiger partial charge in [0.1, 0.15) is 5.76 Å². The van der Waals surface area contributed by atoms with Crippen molar-refractivity contribution in [3.05, 3.63) is 47.0 Å². The van der Waals surface area contributed by atoms with Crippen LogP contribution < -0.4 is 9.47 Å². The van der Waals surface area contributed by atoms with E-state index in [1.807, 2.05) is 36.9 Å². The van der Waals surface area contributed by atoms with Crippen LogP contribution in [0.2, 0.25) is 0 Å². The summed E-state index contributed by atoms with van der Waals surface area (Å²) in [4.78, 5) is 14.9. The normalized spacial score (nSPS) is 18.1. The molecule has 28 heavy (non-hydrogen) atoms. The molecular formula is C20H19N3O5. The van der Waals surface area contributed by atoms with Gasteiger partial charge in [-0.05, 0) is 44.9 Å². The zero-order valence-electron chi connectivity index (χ0n) is 15.6. The number of carbonyl (C=O) groups is 1. The Labute approximate surface area is 161 Å². The first-order chi connectivity index (χ1) is 13.6. The number of hydrogen-bond donors (Lipinski definition) is 0. The summed E-state index contributed by atoms with van der Waals surface area (Å²) in [5.74, 6) is 2.45. The highest BCUT2D eigenvalue weighted by Gasteiger charge is 2.35. The second-order valence-electron chi connectivity index (χ2n) is 7.04. The van der Waals surface area contributed by atoms with Gasteiger partial charge in [0, 0.05) is 23.7 Å². The Morgan fingerprint density at radius 1 is 1.11 bits per heavy atom. The third-order valence-corrected chi connectivity index (χ3v) is 5.32. The monoisotopic (exact) mass is 381 g/mol. The van der Waals surface area contributed by atoms with E-state index < -0.39 is 0 Å². The van der Waals surface area contributed by atoms with Crippen LogP contribution in [0.3, 0.4) is 0 Å². The number of aryl methyl sites for hydroxylation is 2. The van der Waals surface area contributed by atoms with Gasteiger partial charge in [-0.25, -0.2) is 0 Å². The number of hydrogen-bond acceptors (Lipinski definition) is 7. The van der Waals surface area contributed by atoms with E-state index in [2.05, 4.69) is 10.3 Å². The van der Waals surface area contributed by atoms with Crippen molar-refractivity contribution in [1.82, 2.24) is 15.2 Å². The molecule has 1 saturated heterocycles. The maximum absolute atomic E-state index is 13.1. The van der Waals surface area contributed by atoms with Crippen molar-refractivity contribution in [2.45, 2.75) is 32.7 Å². The number of aromatic nitrogens is 2. The maximum Gasteiger partial charge on any atom is 0.276 e. The van der Waals surface area contributed by atoms with Gasteiger partial charge >= 0.3 is 0 Å². The van der Waals surface area contributed by atoms with Gasteiger partial charge in [-0.3, -0.25) is 4.79 Å². The summed E-state index contributed by atoms with van der Waals surface area (Å²) in [6, 6.07) is 7.10. The van der Waals surface area contributed by atoms with Crippen LogP contribution in [0, 0.1) is 13.8 Å². The second kappa shape index (κ2) is 6.40. The fourth-order valence-electron chi connectivity index (χ4n) is 3.98. The molecule has 1 amide bonds. The number of likely N-dealkylation sites (tertiary alicyclic amines) is 1. The Balaban J connectivity index is 1.42. The highest BCUT2D eigenvalue weighted by atomic mass is 16.7. The van der Waals surface area contributed by atoms with Gasteiger partial charge in [-0.15, -0.1) is 0 Å². The molecule has 8 heteroatoms. The van der Waals surface area contributed by atoms with Gasteiger partial charge in [-0.2, -0.15) is 0 Å². The van der Waals surface area contributed by atoms with Crippen molar-refractivity contribution in [3.8, 4) is 22.8 Å². The number of fused-ring (bicyclic) bond motifs is 1. The van der Waals surface area contributed by atoms with Crippen LogP contribution in [-0.2, 0) is 0 Å². The van der Waals surface area contributed by atoms with E-state index in [4.69, 9.17) is 18.5 Å². The summed E-state index contributed by atoms with van der Waals surface area (Å²) in [6.45, 7) is 4.65. The third-order valence-electron chi connectivity index (χ3n) is 5.32. The first-order valence-corrected chi connectivity index (χ1v) is 9.22. The summed E-state index contributed by atoms with van der Waals surface area (Å²) < 4.78 is 21.5. The molecule has 144 valence electrons. The number of nitrogens with zero attached hydrogens (tertiary/aromatic N) is 3. The van der Waals surface area contributed by atoms with Crippen molar-refractivity contribution in [1.29, 1.82) is 0 Å². The Kier molecular flexibility index (Phi) is 3.85. The number of carbonyl (C=O) groups excluding carboxylic acids is 1. The average molecular weight is 381 g/mol. The molecule has 0 bridgehead atoms. The predicted molar refractivity (Wildman–Crippen MR) is 97.1 cm³/mol. The van der Waals surface area contributed by atoms with E-state index in [0.29, 0.717) is 23.8 Å². The van der Waals surface area contributed by atoms with Gasteiger partial charge < -0.3 is 23.4 Å². The first kappa shape index (κ1) is 16.9. The van der Waals surface area contributed by atoms with Gasteiger partial charge in [0.15, 0.2) is 23.0 Å². The van der Waals surface area contributed by atoms with E-state index in [1.165, 1.54) is 0 Å². The maximum atomic E-state index is 13.1. The summed E-state index contributed by atoms with van der Waals surface area (Å²) in [5.41, 5.74) is 2.87. The summed E-state index contributed by atoms with van der Waals surface area (Å²) >= 11 is 0. The number of amides is 1. The van der Waals surface area contributed by atoms with Gasteiger partial charge in [0.2, 0.25) is 6.79 Å². The quantitative estimate of drug-likeness (QED) is 0.684. The molecule has 1 atom stereocenters. The van der Waals surface area contributed by atoms with Crippen molar-refractivity contribution < 1.29 is 23.3 Å². The predicted octanol–water partition coefficient (Wildman–Crippen LogP) is 3.65. The summed E-state index contributed by atoms with van der Waals surface area (Å²) in [7, 11) is 0. The zero-order chi connectivity index (χ0) is 19.3. The Morgan fingerprint density at radius 2 is 1.96 bits per heavy atom. The van der Waals surface area contributed by atoms with E-state index in [-0.39, 0.29) is 24.4 Å². The SMILES string of the molecule is Cc1noc(C)c1[C@H]1CCCN1C(=O)c1cc(-c2ccc3c(c2)OCO3)on1.